The van der Waals surface area contributed by atoms with Gasteiger partial charge in [0, 0.05) is 6.54 Å². The number of ether oxygens (including phenoxy) is 2. The number of carbonyl (C=O) groups excluding carboxylic acids is 1. The number of benzene rings is 1. The predicted molar refractivity (Wildman–Crippen MR) is 94.1 cm³/mol. The molecule has 0 heterocycles. The monoisotopic (exact) mass is 321 g/mol. The zero-order valence-electron chi connectivity index (χ0n) is 14.8. The number of carbonyl (C=O) groups is 1. The molecule has 0 atom stereocenters. The minimum absolute atomic E-state index is 0.291. The summed E-state index contributed by atoms with van der Waals surface area (Å²) in [7, 11) is 0. The molecule has 1 aromatic rings. The average Bonchev–Trinajstić information content (AvgIpc) is 2.59. The van der Waals surface area contributed by atoms with Crippen LogP contribution in [0.15, 0.2) is 24.3 Å². The molecule has 1 rings (SSSR count). The number of hydrogen-bond donors (Lipinski definition) is 0. The normalized spacial score (nSPS) is 10.8. The van der Waals surface area contributed by atoms with Crippen molar-refractivity contribution in [2.75, 3.05) is 32.8 Å². The largest absolute Gasteiger partial charge is 0.493 e. The number of rotatable bonds is 12. The Kier molecular flexibility index (Phi) is 10.1. The third-order valence-corrected chi connectivity index (χ3v) is 3.86. The van der Waals surface area contributed by atoms with E-state index in [-0.39, 0.29) is 5.97 Å². The van der Waals surface area contributed by atoms with Crippen LogP contribution in [-0.2, 0) is 4.74 Å². The van der Waals surface area contributed by atoms with Crippen molar-refractivity contribution < 1.29 is 14.3 Å². The van der Waals surface area contributed by atoms with Crippen LogP contribution in [0.2, 0.25) is 0 Å². The van der Waals surface area contributed by atoms with Gasteiger partial charge in [0.25, 0.3) is 0 Å². The highest BCUT2D eigenvalue weighted by Crippen LogP contribution is 2.19. The average molecular weight is 321 g/mol. The lowest BCUT2D eigenvalue weighted by molar-refractivity contribution is 0.0493. The number of unbranched alkanes of at least 4 members (excludes halogenated alkanes) is 2. The highest BCUT2D eigenvalue weighted by molar-refractivity contribution is 5.92. The van der Waals surface area contributed by atoms with Crippen molar-refractivity contribution in [2.45, 2.75) is 46.5 Å². The Morgan fingerprint density at radius 1 is 1.00 bits per heavy atom. The number of nitrogens with zero attached hydrogens (tertiary/aromatic N) is 1. The predicted octanol–water partition coefficient (Wildman–Crippen LogP) is 4.14. The maximum atomic E-state index is 12.2. The van der Waals surface area contributed by atoms with Crippen molar-refractivity contribution in [3.63, 3.8) is 0 Å². The van der Waals surface area contributed by atoms with Crippen molar-refractivity contribution in [3.8, 4) is 5.75 Å². The lowest BCUT2D eigenvalue weighted by atomic mass is 10.2. The summed E-state index contributed by atoms with van der Waals surface area (Å²) in [5.41, 5.74) is 0.520. The summed E-state index contributed by atoms with van der Waals surface area (Å²) in [6.07, 6.45) is 4.05. The molecule has 0 spiro atoms. The van der Waals surface area contributed by atoms with Crippen LogP contribution in [0.3, 0.4) is 0 Å². The fourth-order valence-electron chi connectivity index (χ4n) is 2.37. The summed E-state index contributed by atoms with van der Waals surface area (Å²) in [5.74, 6) is 0.327. The Hall–Kier alpha value is -1.55. The van der Waals surface area contributed by atoms with E-state index in [4.69, 9.17) is 9.47 Å². The van der Waals surface area contributed by atoms with Gasteiger partial charge in [-0.2, -0.15) is 0 Å². The van der Waals surface area contributed by atoms with Crippen molar-refractivity contribution >= 4 is 5.97 Å². The topological polar surface area (TPSA) is 38.8 Å². The summed E-state index contributed by atoms with van der Waals surface area (Å²) in [6, 6.07) is 7.32. The molecule has 0 amide bonds. The summed E-state index contributed by atoms with van der Waals surface area (Å²) >= 11 is 0. The fourth-order valence-corrected chi connectivity index (χ4v) is 2.37. The summed E-state index contributed by atoms with van der Waals surface area (Å²) in [6.45, 7) is 10.6. The first kappa shape index (κ1) is 19.5. The standard InChI is InChI=1S/C19H31NO3/c1-4-7-10-15-23-19(21)17-12-8-9-13-18(17)22-16-11-14-20(5-2)6-3/h8-9,12-13H,4-7,10-11,14-16H2,1-3H3. The minimum atomic E-state index is -0.291. The van der Waals surface area contributed by atoms with E-state index >= 15 is 0 Å². The first-order valence-electron chi connectivity index (χ1n) is 8.84. The van der Waals surface area contributed by atoms with Crippen LogP contribution in [0.5, 0.6) is 5.75 Å². The van der Waals surface area contributed by atoms with E-state index in [1.807, 2.05) is 18.2 Å². The zero-order chi connectivity index (χ0) is 16.9. The molecule has 4 nitrogen and oxygen atoms in total. The molecule has 0 saturated carbocycles. The van der Waals surface area contributed by atoms with Crippen LogP contribution in [0.4, 0.5) is 0 Å². The molecule has 0 aliphatic heterocycles. The molecular formula is C19H31NO3. The summed E-state index contributed by atoms with van der Waals surface area (Å²) in [5, 5.41) is 0. The fraction of sp³-hybridized carbons (Fsp3) is 0.632. The Morgan fingerprint density at radius 2 is 1.74 bits per heavy atom. The van der Waals surface area contributed by atoms with Crippen molar-refractivity contribution in [2.24, 2.45) is 0 Å². The van der Waals surface area contributed by atoms with Gasteiger partial charge in [0.15, 0.2) is 0 Å². The molecule has 0 saturated heterocycles. The second-order valence-corrected chi connectivity index (χ2v) is 5.57. The van der Waals surface area contributed by atoms with Crippen LogP contribution in [0.1, 0.15) is 56.8 Å². The van der Waals surface area contributed by atoms with Gasteiger partial charge < -0.3 is 14.4 Å². The van der Waals surface area contributed by atoms with Gasteiger partial charge in [-0.15, -0.1) is 0 Å². The molecule has 0 radical (unpaired) electrons. The quantitative estimate of drug-likeness (QED) is 0.428. The van der Waals surface area contributed by atoms with Crippen LogP contribution in [0.25, 0.3) is 0 Å². The van der Waals surface area contributed by atoms with Crippen molar-refractivity contribution in [1.29, 1.82) is 0 Å². The Balaban J connectivity index is 2.45. The molecule has 130 valence electrons. The van der Waals surface area contributed by atoms with Gasteiger partial charge in [-0.1, -0.05) is 45.7 Å². The molecule has 4 heteroatoms. The highest BCUT2D eigenvalue weighted by atomic mass is 16.5. The summed E-state index contributed by atoms with van der Waals surface area (Å²) in [4.78, 5) is 14.5. The highest BCUT2D eigenvalue weighted by Gasteiger charge is 2.13. The maximum Gasteiger partial charge on any atom is 0.341 e. The zero-order valence-corrected chi connectivity index (χ0v) is 14.8. The number of esters is 1. The van der Waals surface area contributed by atoms with E-state index in [1.54, 1.807) is 6.07 Å². The van der Waals surface area contributed by atoms with E-state index < -0.39 is 0 Å². The van der Waals surface area contributed by atoms with E-state index in [0.717, 1.165) is 45.3 Å². The van der Waals surface area contributed by atoms with Crippen LogP contribution in [0, 0.1) is 0 Å². The summed E-state index contributed by atoms with van der Waals surface area (Å²) < 4.78 is 11.1. The molecular weight excluding hydrogens is 290 g/mol. The smallest absolute Gasteiger partial charge is 0.341 e. The van der Waals surface area contributed by atoms with Crippen molar-refractivity contribution in [1.82, 2.24) is 4.90 Å². The van der Waals surface area contributed by atoms with Gasteiger partial charge in [0.05, 0.1) is 13.2 Å². The first-order chi connectivity index (χ1) is 11.2. The molecule has 23 heavy (non-hydrogen) atoms. The second-order valence-electron chi connectivity index (χ2n) is 5.57. The van der Waals surface area contributed by atoms with E-state index in [0.29, 0.717) is 24.5 Å². The Bertz CT molecular complexity index is 444. The van der Waals surface area contributed by atoms with Gasteiger partial charge in [-0.05, 0) is 38.1 Å². The Labute approximate surface area is 140 Å². The molecule has 0 unspecified atom stereocenters. The molecule has 0 aromatic heterocycles. The van der Waals surface area contributed by atoms with E-state index in [9.17, 15) is 4.79 Å². The van der Waals surface area contributed by atoms with Gasteiger partial charge in [0.1, 0.15) is 11.3 Å². The molecule has 0 bridgehead atoms. The molecule has 0 N–H and O–H groups in total. The third kappa shape index (κ3) is 7.51. The van der Waals surface area contributed by atoms with E-state index in [1.165, 1.54) is 0 Å². The van der Waals surface area contributed by atoms with Gasteiger partial charge >= 0.3 is 5.97 Å². The molecule has 1 aromatic carbocycles. The second kappa shape index (κ2) is 11.9. The maximum absolute atomic E-state index is 12.2. The van der Waals surface area contributed by atoms with Crippen LogP contribution in [-0.4, -0.2) is 43.7 Å². The lowest BCUT2D eigenvalue weighted by Crippen LogP contribution is -2.25. The molecule has 0 aliphatic carbocycles. The molecule has 0 fully saturated rings. The van der Waals surface area contributed by atoms with Crippen LogP contribution < -0.4 is 4.74 Å². The first-order valence-corrected chi connectivity index (χ1v) is 8.84. The minimum Gasteiger partial charge on any atom is -0.493 e. The number of para-hydroxylation sites is 1. The van der Waals surface area contributed by atoms with Gasteiger partial charge in [-0.3, -0.25) is 0 Å². The van der Waals surface area contributed by atoms with Gasteiger partial charge in [0.2, 0.25) is 0 Å². The third-order valence-electron chi connectivity index (χ3n) is 3.86. The number of hydrogen-bond acceptors (Lipinski definition) is 4. The van der Waals surface area contributed by atoms with Crippen molar-refractivity contribution in [3.05, 3.63) is 29.8 Å². The van der Waals surface area contributed by atoms with E-state index in [2.05, 4.69) is 25.7 Å². The van der Waals surface area contributed by atoms with Gasteiger partial charge in [-0.25, -0.2) is 4.79 Å². The SMILES string of the molecule is CCCCCOC(=O)c1ccccc1OCCCN(CC)CC. The lowest BCUT2D eigenvalue weighted by Gasteiger charge is -2.18. The molecule has 0 aliphatic rings. The van der Waals surface area contributed by atoms with Crippen LogP contribution >= 0.6 is 0 Å². The Morgan fingerprint density at radius 3 is 2.43 bits per heavy atom.